The Balaban J connectivity index is 1.60. The van der Waals surface area contributed by atoms with Gasteiger partial charge in [0.1, 0.15) is 0 Å². The molecule has 0 saturated carbocycles. The van der Waals surface area contributed by atoms with Gasteiger partial charge in [0.15, 0.2) is 11.5 Å². The fourth-order valence-corrected chi connectivity index (χ4v) is 4.93. The number of benzene rings is 1. The maximum atomic E-state index is 12.4. The highest BCUT2D eigenvalue weighted by Gasteiger charge is 2.43. The number of piperidine rings is 1. The molecule has 3 aliphatic heterocycles. The summed E-state index contributed by atoms with van der Waals surface area (Å²) >= 11 is 0. The fraction of sp³-hybridized carbons (Fsp3) is 0.650. The first-order chi connectivity index (χ1) is 12.5. The summed E-state index contributed by atoms with van der Waals surface area (Å²) in [7, 11) is 3.35. The number of likely N-dealkylation sites (tertiary alicyclic amines) is 1. The van der Waals surface area contributed by atoms with Crippen LogP contribution in [0.1, 0.15) is 36.9 Å². The number of rotatable bonds is 3. The van der Waals surface area contributed by atoms with Crippen LogP contribution in [0.2, 0.25) is 0 Å². The second-order valence-corrected chi connectivity index (χ2v) is 7.99. The van der Waals surface area contributed by atoms with Gasteiger partial charge in [0.2, 0.25) is 5.91 Å². The Hall–Kier alpha value is -1.79. The van der Waals surface area contributed by atoms with E-state index in [1.54, 1.807) is 14.2 Å². The van der Waals surface area contributed by atoms with Crippen LogP contribution in [0.4, 0.5) is 0 Å². The lowest BCUT2D eigenvalue weighted by atomic mass is 9.83. The molecule has 0 aromatic heterocycles. The lowest BCUT2D eigenvalue weighted by Gasteiger charge is -2.48. The molecular formula is C20H29N3O3. The van der Waals surface area contributed by atoms with Crippen LogP contribution in [0.25, 0.3) is 0 Å². The van der Waals surface area contributed by atoms with E-state index in [0.29, 0.717) is 18.4 Å². The monoisotopic (exact) mass is 359 g/mol. The van der Waals surface area contributed by atoms with Crippen molar-refractivity contribution in [3.8, 4) is 11.5 Å². The first-order valence-electron chi connectivity index (χ1n) is 9.55. The zero-order valence-electron chi connectivity index (χ0n) is 15.9. The molecular weight excluding hydrogens is 330 g/mol. The maximum Gasteiger partial charge on any atom is 0.223 e. The molecule has 0 spiro atoms. The molecule has 4 atom stereocenters. The van der Waals surface area contributed by atoms with E-state index in [-0.39, 0.29) is 18.0 Å². The largest absolute Gasteiger partial charge is 0.493 e. The molecule has 1 aromatic rings. The van der Waals surface area contributed by atoms with Gasteiger partial charge < -0.3 is 20.1 Å². The molecule has 4 rings (SSSR count). The molecule has 0 bridgehead atoms. The van der Waals surface area contributed by atoms with Gasteiger partial charge in [-0.15, -0.1) is 0 Å². The van der Waals surface area contributed by atoms with Gasteiger partial charge in [0, 0.05) is 38.1 Å². The van der Waals surface area contributed by atoms with E-state index in [9.17, 15) is 4.79 Å². The van der Waals surface area contributed by atoms with Crippen LogP contribution in [0.15, 0.2) is 12.1 Å². The predicted octanol–water partition coefficient (Wildman–Crippen LogP) is 1.57. The summed E-state index contributed by atoms with van der Waals surface area (Å²) in [5.41, 5.74) is 9.20. The van der Waals surface area contributed by atoms with E-state index in [1.165, 1.54) is 11.1 Å². The Kier molecular flexibility index (Phi) is 4.57. The van der Waals surface area contributed by atoms with E-state index in [1.807, 2.05) is 4.90 Å². The Morgan fingerprint density at radius 2 is 1.88 bits per heavy atom. The number of nitrogens with zero attached hydrogens (tertiary/aromatic N) is 2. The molecule has 2 N–H and O–H groups in total. The first kappa shape index (κ1) is 17.6. The summed E-state index contributed by atoms with van der Waals surface area (Å²) in [5, 5.41) is 0. The van der Waals surface area contributed by atoms with Crippen molar-refractivity contribution in [2.24, 2.45) is 11.7 Å². The first-order valence-corrected chi connectivity index (χ1v) is 9.55. The molecule has 142 valence electrons. The molecule has 2 fully saturated rings. The topological polar surface area (TPSA) is 68.0 Å². The van der Waals surface area contributed by atoms with Crippen molar-refractivity contribution in [3.05, 3.63) is 23.3 Å². The van der Waals surface area contributed by atoms with Crippen molar-refractivity contribution < 1.29 is 14.3 Å². The molecule has 3 aliphatic rings. The number of carbonyl (C=O) groups excluding carboxylic acids is 1. The molecule has 6 nitrogen and oxygen atoms in total. The molecule has 3 heterocycles. The smallest absolute Gasteiger partial charge is 0.223 e. The van der Waals surface area contributed by atoms with E-state index < -0.39 is 0 Å². The summed E-state index contributed by atoms with van der Waals surface area (Å²) in [5.74, 6) is 2.26. The Bertz CT molecular complexity index is 708. The van der Waals surface area contributed by atoms with Gasteiger partial charge in [-0.3, -0.25) is 9.69 Å². The highest BCUT2D eigenvalue weighted by atomic mass is 16.5. The number of fused-ring (bicyclic) bond motifs is 3. The van der Waals surface area contributed by atoms with Crippen LogP contribution in [0.5, 0.6) is 11.5 Å². The summed E-state index contributed by atoms with van der Waals surface area (Å²) in [6.45, 7) is 4.84. The minimum Gasteiger partial charge on any atom is -0.493 e. The summed E-state index contributed by atoms with van der Waals surface area (Å²) in [6.07, 6.45) is 2.51. The number of ether oxygens (including phenoxy) is 2. The number of amides is 1. The van der Waals surface area contributed by atoms with Crippen LogP contribution in [-0.2, 0) is 11.2 Å². The molecule has 1 amide bonds. The third-order valence-corrected chi connectivity index (χ3v) is 6.28. The third kappa shape index (κ3) is 2.85. The predicted molar refractivity (Wildman–Crippen MR) is 99.4 cm³/mol. The van der Waals surface area contributed by atoms with Gasteiger partial charge in [-0.2, -0.15) is 0 Å². The lowest BCUT2D eigenvalue weighted by Crippen LogP contribution is -2.60. The molecule has 0 aliphatic carbocycles. The summed E-state index contributed by atoms with van der Waals surface area (Å²) in [4.78, 5) is 16.9. The van der Waals surface area contributed by atoms with Crippen molar-refractivity contribution >= 4 is 5.91 Å². The summed E-state index contributed by atoms with van der Waals surface area (Å²) in [6, 6.07) is 4.64. The number of carbonyl (C=O) groups is 1. The Morgan fingerprint density at radius 3 is 2.54 bits per heavy atom. The minimum absolute atomic E-state index is 0.00421. The van der Waals surface area contributed by atoms with E-state index >= 15 is 0 Å². The molecule has 0 unspecified atom stereocenters. The van der Waals surface area contributed by atoms with Crippen LogP contribution >= 0.6 is 0 Å². The molecule has 1 aromatic carbocycles. The van der Waals surface area contributed by atoms with Crippen molar-refractivity contribution in [1.29, 1.82) is 0 Å². The van der Waals surface area contributed by atoms with E-state index in [0.717, 1.165) is 44.0 Å². The standard InChI is InChI=1S/C20H29N3O3/c1-12-6-20(24)23(10-12)17-11-22-5-4-13-7-18(25-2)19(26-3)8-14(13)16(22)9-15(17)21/h7-8,12,15-17H,4-6,9-11,21H2,1-3H3/t12-,15-,16-,17-/m0/s1. The van der Waals surface area contributed by atoms with Crippen LogP contribution in [0.3, 0.4) is 0 Å². The van der Waals surface area contributed by atoms with Crippen molar-refractivity contribution in [3.63, 3.8) is 0 Å². The average Bonchev–Trinajstić information content (AvgIpc) is 2.97. The normalized spacial score (nSPS) is 31.5. The van der Waals surface area contributed by atoms with Gasteiger partial charge in [-0.1, -0.05) is 6.92 Å². The maximum absolute atomic E-state index is 12.4. The van der Waals surface area contributed by atoms with Gasteiger partial charge in [-0.25, -0.2) is 0 Å². The summed E-state index contributed by atoms with van der Waals surface area (Å²) < 4.78 is 11.0. The Labute approximate surface area is 155 Å². The molecule has 26 heavy (non-hydrogen) atoms. The van der Waals surface area contributed by atoms with Gasteiger partial charge in [-0.05, 0) is 42.0 Å². The van der Waals surface area contributed by atoms with Gasteiger partial charge in [0.25, 0.3) is 0 Å². The van der Waals surface area contributed by atoms with Gasteiger partial charge >= 0.3 is 0 Å². The SMILES string of the molecule is COc1cc2c(cc1OC)[C@@H]1C[C@H](N)[C@@H](N3C[C@@H](C)CC3=O)CN1CC2. The fourth-order valence-electron chi connectivity index (χ4n) is 4.93. The second-order valence-electron chi connectivity index (χ2n) is 7.99. The van der Waals surface area contributed by atoms with Gasteiger partial charge in [0.05, 0.1) is 20.3 Å². The number of nitrogens with two attached hydrogens (primary N) is 1. The average molecular weight is 359 g/mol. The van der Waals surface area contributed by atoms with Crippen LogP contribution < -0.4 is 15.2 Å². The molecule has 0 radical (unpaired) electrons. The third-order valence-electron chi connectivity index (χ3n) is 6.28. The Morgan fingerprint density at radius 1 is 1.15 bits per heavy atom. The van der Waals surface area contributed by atoms with Crippen LogP contribution in [-0.4, -0.2) is 61.6 Å². The van der Waals surface area contributed by atoms with E-state index in [4.69, 9.17) is 15.2 Å². The van der Waals surface area contributed by atoms with Crippen molar-refractivity contribution in [2.75, 3.05) is 33.9 Å². The molecule has 6 heteroatoms. The zero-order chi connectivity index (χ0) is 18.4. The highest BCUT2D eigenvalue weighted by Crippen LogP contribution is 2.42. The lowest BCUT2D eigenvalue weighted by molar-refractivity contribution is -0.131. The number of hydrogen-bond acceptors (Lipinski definition) is 5. The quantitative estimate of drug-likeness (QED) is 0.887. The van der Waals surface area contributed by atoms with Crippen molar-refractivity contribution in [2.45, 2.75) is 44.3 Å². The van der Waals surface area contributed by atoms with Crippen molar-refractivity contribution in [1.82, 2.24) is 9.80 Å². The van der Waals surface area contributed by atoms with E-state index in [2.05, 4.69) is 24.0 Å². The molecule has 2 saturated heterocycles. The number of methoxy groups -OCH3 is 2. The highest BCUT2D eigenvalue weighted by molar-refractivity contribution is 5.79. The minimum atomic E-state index is 0.00421. The number of hydrogen-bond donors (Lipinski definition) is 1. The second kappa shape index (κ2) is 6.74. The van der Waals surface area contributed by atoms with Crippen LogP contribution in [0, 0.1) is 5.92 Å². The zero-order valence-corrected chi connectivity index (χ0v) is 15.9.